The van der Waals surface area contributed by atoms with Crippen LogP contribution in [-0.4, -0.2) is 35.5 Å². The molecule has 0 saturated carbocycles. The molecule has 2 aromatic heterocycles. The maximum atomic E-state index is 14.5. The van der Waals surface area contributed by atoms with Gasteiger partial charge in [0, 0.05) is 0 Å². The lowest BCUT2D eigenvalue weighted by molar-refractivity contribution is -0.641. The monoisotopic (exact) mass is 586 g/mol. The molecule has 0 bridgehead atoms. The summed E-state index contributed by atoms with van der Waals surface area (Å²) in [6.45, 7) is 0. The van der Waals surface area contributed by atoms with Crippen LogP contribution >= 0.6 is 0 Å². The summed E-state index contributed by atoms with van der Waals surface area (Å²) in [6.07, 6.45) is 8.52. The minimum absolute atomic E-state index is 0.732. The minimum Gasteiger partial charge on any atom is -0.418 e. The van der Waals surface area contributed by atoms with Crippen LogP contribution in [0.15, 0.2) is 98.1 Å². The molecule has 40 heavy (non-hydrogen) atoms. The number of allylic oxidation sites excluding steroid dienone is 2. The fourth-order valence-electron chi connectivity index (χ4n) is 3.58. The summed E-state index contributed by atoms with van der Waals surface area (Å²) in [5.74, 6) is -8.59. The van der Waals surface area contributed by atoms with Crippen molar-refractivity contribution in [3.8, 4) is 11.4 Å². The summed E-state index contributed by atoms with van der Waals surface area (Å²) in [6, 6.07) is 18.1. The van der Waals surface area contributed by atoms with Crippen LogP contribution in [0.3, 0.4) is 0 Å². The highest BCUT2D eigenvalue weighted by atomic mass is 19.5. The molecule has 0 saturated heterocycles. The zero-order valence-corrected chi connectivity index (χ0v) is 19.7. The first-order valence-corrected chi connectivity index (χ1v) is 10.9. The number of nitrogens with zero attached hydrogens (tertiary/aromatic N) is 4. The minimum atomic E-state index is -6.00. The van der Waals surface area contributed by atoms with Crippen molar-refractivity contribution in [3.05, 3.63) is 98.1 Å². The molecule has 2 aromatic carbocycles. The van der Waals surface area contributed by atoms with E-state index in [9.17, 15) is 52.1 Å². The van der Waals surface area contributed by atoms with E-state index in [0.717, 1.165) is 20.5 Å². The third-order valence-electron chi connectivity index (χ3n) is 5.11. The second-order valence-electron chi connectivity index (χ2n) is 7.96. The Morgan fingerprint density at radius 3 is 1.05 bits per heavy atom. The van der Waals surface area contributed by atoms with E-state index in [1.165, 1.54) is 25.0 Å². The Balaban J connectivity index is 0.000000381. The quantitative estimate of drug-likeness (QED) is 0.147. The molecule has 0 fully saturated rings. The third kappa shape index (κ3) is 7.30. The summed E-state index contributed by atoms with van der Waals surface area (Å²) < 4.78 is 141. The Morgan fingerprint density at radius 1 is 0.500 bits per heavy atom. The van der Waals surface area contributed by atoms with Gasteiger partial charge < -0.3 is 34.5 Å². The smallest absolute Gasteiger partial charge is 0.418 e. The zero-order valence-electron chi connectivity index (χ0n) is 19.7. The van der Waals surface area contributed by atoms with Crippen LogP contribution in [0.2, 0.25) is 0 Å². The molecular weight excluding hydrogens is 570 g/mol. The molecule has 5 rings (SSSR count). The van der Waals surface area contributed by atoms with Crippen LogP contribution in [-0.2, 0) is 0 Å². The van der Waals surface area contributed by atoms with Gasteiger partial charge in [0.25, 0.3) is 12.7 Å². The van der Waals surface area contributed by atoms with E-state index in [0.29, 0.717) is 0 Å². The van der Waals surface area contributed by atoms with Gasteiger partial charge in [-0.15, -0.1) is 0 Å². The predicted molar refractivity (Wildman–Crippen MR) is 122 cm³/mol. The largest absolute Gasteiger partial charge is 0.673 e. The van der Waals surface area contributed by atoms with E-state index in [2.05, 4.69) is 0 Å². The van der Waals surface area contributed by atoms with Crippen molar-refractivity contribution in [1.82, 2.24) is 9.13 Å². The van der Waals surface area contributed by atoms with Crippen LogP contribution in [0.25, 0.3) is 22.8 Å². The highest BCUT2D eigenvalue weighted by molar-refractivity contribution is 6.50. The van der Waals surface area contributed by atoms with E-state index >= 15 is 0 Å². The van der Waals surface area contributed by atoms with E-state index in [-0.39, 0.29) is 0 Å². The number of benzene rings is 2. The molecule has 2 heterocycles. The normalized spacial score (nSPS) is 15.8. The Kier molecular flexibility index (Phi) is 8.50. The summed E-state index contributed by atoms with van der Waals surface area (Å²) in [7, 11) is -12.0. The first-order valence-electron chi connectivity index (χ1n) is 10.9. The average molecular weight is 586 g/mol. The summed E-state index contributed by atoms with van der Waals surface area (Å²) >= 11 is 0. The Bertz CT molecular complexity index is 1320. The van der Waals surface area contributed by atoms with Crippen molar-refractivity contribution in [1.29, 1.82) is 0 Å². The van der Waals surface area contributed by atoms with Gasteiger partial charge in [-0.05, 0) is 24.3 Å². The van der Waals surface area contributed by atoms with Crippen LogP contribution in [0.1, 0.15) is 0 Å². The number of hydrogen-bond donors (Lipinski definition) is 0. The van der Waals surface area contributed by atoms with E-state index < -0.39 is 37.7 Å². The molecule has 0 atom stereocenters. The second-order valence-corrected chi connectivity index (χ2v) is 7.96. The van der Waals surface area contributed by atoms with Gasteiger partial charge in [-0.3, -0.25) is 0 Å². The lowest BCUT2D eigenvalue weighted by Gasteiger charge is -2.35. The van der Waals surface area contributed by atoms with Crippen LogP contribution in [0.4, 0.5) is 52.1 Å². The summed E-state index contributed by atoms with van der Waals surface area (Å²) in [4.78, 5) is 0. The third-order valence-corrected chi connectivity index (χ3v) is 5.11. The predicted octanol–water partition coefficient (Wildman–Crippen LogP) is 6.55. The molecule has 18 heteroatoms. The van der Waals surface area contributed by atoms with Crippen molar-refractivity contribution >= 4 is 25.9 Å². The van der Waals surface area contributed by atoms with E-state index in [4.69, 9.17) is 0 Å². The molecule has 214 valence electrons. The lowest BCUT2D eigenvalue weighted by atomic mass is 9.90. The van der Waals surface area contributed by atoms with Gasteiger partial charge in [0.05, 0.1) is 0 Å². The van der Waals surface area contributed by atoms with Gasteiger partial charge in [-0.2, -0.15) is 26.7 Å². The maximum Gasteiger partial charge on any atom is 0.673 e. The van der Waals surface area contributed by atoms with Gasteiger partial charge in [0.1, 0.15) is 36.2 Å². The number of aromatic nitrogens is 4. The SMILES string of the molecule is FC1(F)C([n+]2ccn(-c3ccccc3)c2)=C([n+]2ccn(-c3ccccc3)c2)C1(F)F.F[B-](F)(F)F.F[B-](F)(F)F. The van der Waals surface area contributed by atoms with Gasteiger partial charge in [-0.25, -0.2) is 9.13 Å². The van der Waals surface area contributed by atoms with Crippen molar-refractivity contribution in [2.75, 3.05) is 0 Å². The van der Waals surface area contributed by atoms with Gasteiger partial charge in [0.15, 0.2) is 0 Å². The number of rotatable bonds is 4. The molecule has 4 aromatic rings. The lowest BCUT2D eigenvalue weighted by Crippen LogP contribution is -2.66. The number of imidazole rings is 2. The highest BCUT2D eigenvalue weighted by Gasteiger charge is 2.78. The molecule has 4 nitrogen and oxygen atoms in total. The molecule has 0 aliphatic heterocycles. The first kappa shape index (κ1) is 30.4. The number of hydrogen-bond acceptors (Lipinski definition) is 0. The van der Waals surface area contributed by atoms with Crippen molar-refractivity contribution < 1.29 is 61.2 Å². The Morgan fingerprint density at radius 2 is 0.775 bits per heavy atom. The Labute approximate surface area is 218 Å². The maximum absolute atomic E-state index is 14.5. The number of alkyl halides is 4. The average Bonchev–Trinajstić information content (AvgIpc) is 3.51. The zero-order chi connectivity index (χ0) is 29.9. The Hall–Kier alpha value is -4.11. The van der Waals surface area contributed by atoms with Gasteiger partial charge in [0.2, 0.25) is 11.4 Å². The van der Waals surface area contributed by atoms with Crippen molar-refractivity contribution in [2.24, 2.45) is 0 Å². The highest BCUT2D eigenvalue weighted by Crippen LogP contribution is 2.55. The number of halogens is 12. The van der Waals surface area contributed by atoms with Crippen molar-refractivity contribution in [2.45, 2.75) is 11.8 Å². The fraction of sp³-hybridized carbons (Fsp3) is 0.0909. The van der Waals surface area contributed by atoms with Gasteiger partial charge >= 0.3 is 26.4 Å². The summed E-state index contributed by atoms with van der Waals surface area (Å²) in [5.41, 5.74) is -0.0395. The second kappa shape index (κ2) is 11.2. The topological polar surface area (TPSA) is 17.6 Å². The molecule has 1 aliphatic carbocycles. The standard InChI is InChI=1S/C22H16F4N4.2BF4/c23-21(24)19(29-13-11-27(15-29)17-7-3-1-4-8-17)20(22(21,25)26)30-14-12-28(16-30)18-9-5-2-6-10-18;2*2-1(3,4)5/h1-16H;;/q+2;2*-1. The van der Waals surface area contributed by atoms with Crippen LogP contribution in [0.5, 0.6) is 0 Å². The number of para-hydroxylation sites is 2. The molecule has 0 radical (unpaired) electrons. The van der Waals surface area contributed by atoms with E-state index in [1.54, 1.807) is 70.1 Å². The van der Waals surface area contributed by atoms with E-state index in [1.807, 2.05) is 12.1 Å². The van der Waals surface area contributed by atoms with Crippen LogP contribution in [0, 0.1) is 0 Å². The molecule has 0 N–H and O–H groups in total. The first-order chi connectivity index (χ1) is 18.4. The molecular formula is C22H16B2F12N4. The molecule has 1 aliphatic rings. The fourth-order valence-corrected chi connectivity index (χ4v) is 3.58. The van der Waals surface area contributed by atoms with Gasteiger partial charge in [-0.1, -0.05) is 36.4 Å². The molecule has 0 unspecified atom stereocenters. The molecule has 0 amide bonds. The molecule has 0 spiro atoms. The van der Waals surface area contributed by atoms with Crippen molar-refractivity contribution in [3.63, 3.8) is 0 Å². The van der Waals surface area contributed by atoms with Crippen LogP contribution < -0.4 is 9.13 Å². The summed E-state index contributed by atoms with van der Waals surface area (Å²) in [5, 5.41) is 0.